The molecule has 5 aliphatic carbocycles. The van der Waals surface area contributed by atoms with Crippen molar-refractivity contribution in [3.63, 3.8) is 0 Å². The zero-order valence-corrected chi connectivity index (χ0v) is 18.5. The van der Waals surface area contributed by atoms with Crippen molar-refractivity contribution in [2.24, 2.45) is 41.2 Å². The summed E-state index contributed by atoms with van der Waals surface area (Å²) in [5.41, 5.74) is 6.49. The number of carbonyl (C=O) groups is 3. The summed E-state index contributed by atoms with van der Waals surface area (Å²) in [7, 11) is 1.43. The standard InChI is InChI=1S/C21H29N3O5S/c1-8(2)12(22)6-14(29-9(3)25)20-23-13(7-30-20)19(26)24-18-11-5-10-16(18)15(11)17(10)21(27)28-4/h7-8,10-12,14-18H,5-6,22H2,1-4H3,(H,24,26). The molecule has 4 bridgehead atoms. The lowest BCUT2D eigenvalue weighted by atomic mass is 9.50. The normalized spacial score (nSPS) is 32.6. The lowest BCUT2D eigenvalue weighted by Crippen LogP contribution is -2.65. The number of thiazole rings is 1. The molecule has 5 aliphatic rings. The molecular weight excluding hydrogens is 406 g/mol. The average molecular weight is 436 g/mol. The highest BCUT2D eigenvalue weighted by atomic mass is 32.1. The van der Waals surface area contributed by atoms with E-state index >= 15 is 0 Å². The van der Waals surface area contributed by atoms with E-state index in [1.165, 1.54) is 25.4 Å². The van der Waals surface area contributed by atoms with Gasteiger partial charge in [0.15, 0.2) is 6.10 Å². The molecule has 6 rings (SSSR count). The average Bonchev–Trinajstić information content (AvgIpc) is 3.43. The van der Waals surface area contributed by atoms with Crippen molar-refractivity contribution < 1.29 is 23.9 Å². The predicted octanol–water partition coefficient (Wildman–Crippen LogP) is 1.90. The number of nitrogens with zero attached hydrogens (tertiary/aromatic N) is 1. The van der Waals surface area contributed by atoms with Crippen LogP contribution in [0.5, 0.6) is 0 Å². The Balaban J connectivity index is 1.38. The van der Waals surface area contributed by atoms with Gasteiger partial charge in [-0.1, -0.05) is 13.8 Å². The van der Waals surface area contributed by atoms with Gasteiger partial charge in [-0.25, -0.2) is 4.98 Å². The number of hydrogen-bond acceptors (Lipinski definition) is 8. The van der Waals surface area contributed by atoms with Crippen LogP contribution in [0.3, 0.4) is 0 Å². The monoisotopic (exact) mass is 435 g/mol. The minimum atomic E-state index is -0.556. The first-order valence-electron chi connectivity index (χ1n) is 10.5. The molecule has 5 fully saturated rings. The molecule has 9 heteroatoms. The molecule has 0 aromatic carbocycles. The van der Waals surface area contributed by atoms with E-state index in [-0.39, 0.29) is 35.8 Å². The summed E-state index contributed by atoms with van der Waals surface area (Å²) in [6.07, 6.45) is 0.876. The summed E-state index contributed by atoms with van der Waals surface area (Å²) in [5, 5.41) is 5.38. The highest BCUT2D eigenvalue weighted by molar-refractivity contribution is 7.09. The molecule has 8 nitrogen and oxygen atoms in total. The Bertz CT molecular complexity index is 842. The van der Waals surface area contributed by atoms with Gasteiger partial charge in [0.25, 0.3) is 5.91 Å². The Labute approximate surface area is 179 Å². The fourth-order valence-electron chi connectivity index (χ4n) is 5.62. The number of rotatable bonds is 8. The number of aromatic nitrogens is 1. The van der Waals surface area contributed by atoms with Crippen LogP contribution in [0.2, 0.25) is 0 Å². The Morgan fingerprint density at radius 2 is 2.03 bits per heavy atom. The second-order valence-electron chi connectivity index (χ2n) is 9.08. The van der Waals surface area contributed by atoms with Gasteiger partial charge < -0.3 is 20.5 Å². The van der Waals surface area contributed by atoms with Crippen molar-refractivity contribution in [3.05, 3.63) is 16.1 Å². The molecule has 0 spiro atoms. The number of nitrogens with one attached hydrogen (secondary N) is 1. The van der Waals surface area contributed by atoms with E-state index in [4.69, 9.17) is 15.2 Å². The first-order valence-corrected chi connectivity index (χ1v) is 11.4. The number of ether oxygens (including phenoxy) is 2. The molecule has 1 heterocycles. The molecule has 3 N–H and O–H groups in total. The van der Waals surface area contributed by atoms with Crippen LogP contribution in [-0.2, 0) is 19.1 Å². The van der Waals surface area contributed by atoms with Gasteiger partial charge in [-0.2, -0.15) is 0 Å². The summed E-state index contributed by atoms with van der Waals surface area (Å²) >= 11 is 1.30. The van der Waals surface area contributed by atoms with Crippen molar-refractivity contribution >= 4 is 29.2 Å². The van der Waals surface area contributed by atoms with Gasteiger partial charge in [0.05, 0.1) is 13.0 Å². The van der Waals surface area contributed by atoms with Crippen LogP contribution in [-0.4, -0.2) is 42.0 Å². The van der Waals surface area contributed by atoms with Crippen molar-refractivity contribution in [3.8, 4) is 0 Å². The molecule has 30 heavy (non-hydrogen) atoms. The highest BCUT2D eigenvalue weighted by Gasteiger charge is 2.75. The summed E-state index contributed by atoms with van der Waals surface area (Å²) in [6.45, 7) is 5.38. The summed E-state index contributed by atoms with van der Waals surface area (Å²) in [5.74, 6) is 0.917. The predicted molar refractivity (Wildman–Crippen MR) is 109 cm³/mol. The molecule has 1 amide bonds. The smallest absolute Gasteiger partial charge is 0.309 e. The molecule has 1 aromatic rings. The van der Waals surface area contributed by atoms with Gasteiger partial charge in [0.1, 0.15) is 10.7 Å². The first kappa shape index (κ1) is 21.2. The SMILES string of the molecule is COC(=O)C1C2CC3C(NC(=O)c4csc(C(CC(N)C(C)C)OC(C)=O)n4)C2C31. The highest BCUT2D eigenvalue weighted by Crippen LogP contribution is 2.72. The second-order valence-corrected chi connectivity index (χ2v) is 9.97. The van der Waals surface area contributed by atoms with E-state index in [0.29, 0.717) is 40.8 Å². The zero-order chi connectivity index (χ0) is 21.7. The van der Waals surface area contributed by atoms with Crippen LogP contribution in [0, 0.1) is 35.5 Å². The van der Waals surface area contributed by atoms with Gasteiger partial charge >= 0.3 is 11.9 Å². The molecular formula is C21H29N3O5S. The van der Waals surface area contributed by atoms with E-state index in [0.717, 1.165) is 6.42 Å². The van der Waals surface area contributed by atoms with Gasteiger partial charge in [-0.15, -0.1) is 11.3 Å². The van der Waals surface area contributed by atoms with Crippen LogP contribution in [0.1, 0.15) is 55.2 Å². The van der Waals surface area contributed by atoms with Crippen molar-refractivity contribution in [2.75, 3.05) is 7.11 Å². The number of hydrogen-bond donors (Lipinski definition) is 2. The Morgan fingerprint density at radius 1 is 1.30 bits per heavy atom. The first-order chi connectivity index (χ1) is 14.2. The van der Waals surface area contributed by atoms with E-state index in [1.807, 2.05) is 13.8 Å². The Hall–Kier alpha value is -2.00. The van der Waals surface area contributed by atoms with Gasteiger partial charge in [-0.3, -0.25) is 14.4 Å². The van der Waals surface area contributed by atoms with Crippen LogP contribution in [0.4, 0.5) is 0 Å². The largest absolute Gasteiger partial charge is 0.469 e. The van der Waals surface area contributed by atoms with E-state index in [9.17, 15) is 14.4 Å². The molecule has 164 valence electrons. The summed E-state index contributed by atoms with van der Waals surface area (Å²) < 4.78 is 10.3. The summed E-state index contributed by atoms with van der Waals surface area (Å²) in [6, 6.07) is -0.0344. The van der Waals surface area contributed by atoms with Crippen LogP contribution >= 0.6 is 11.3 Å². The third kappa shape index (κ3) is 3.41. The number of amides is 1. The molecule has 8 unspecified atom stereocenters. The van der Waals surface area contributed by atoms with E-state index in [1.54, 1.807) is 5.38 Å². The minimum absolute atomic E-state index is 0.0127. The maximum atomic E-state index is 12.8. The Kier molecular flexibility index (Phi) is 5.61. The molecule has 5 saturated carbocycles. The van der Waals surface area contributed by atoms with Crippen LogP contribution in [0.25, 0.3) is 0 Å². The van der Waals surface area contributed by atoms with Crippen molar-refractivity contribution in [2.45, 2.75) is 51.8 Å². The maximum absolute atomic E-state index is 12.8. The maximum Gasteiger partial charge on any atom is 0.309 e. The van der Waals surface area contributed by atoms with Gasteiger partial charge in [-0.05, 0) is 36.0 Å². The molecule has 0 radical (unpaired) electrons. The quantitative estimate of drug-likeness (QED) is 0.598. The lowest BCUT2D eigenvalue weighted by Gasteiger charge is -2.56. The minimum Gasteiger partial charge on any atom is -0.469 e. The molecule has 0 aliphatic heterocycles. The van der Waals surface area contributed by atoms with Crippen LogP contribution in [0.15, 0.2) is 5.38 Å². The Morgan fingerprint density at radius 3 is 2.60 bits per heavy atom. The van der Waals surface area contributed by atoms with Crippen molar-refractivity contribution in [1.29, 1.82) is 0 Å². The second kappa shape index (κ2) is 7.92. The third-order valence-corrected chi connectivity index (χ3v) is 8.12. The van der Waals surface area contributed by atoms with Crippen LogP contribution < -0.4 is 11.1 Å². The number of methoxy groups -OCH3 is 1. The fourth-order valence-corrected chi connectivity index (χ4v) is 6.46. The topological polar surface area (TPSA) is 121 Å². The fraction of sp³-hybridized carbons (Fsp3) is 0.714. The number of nitrogens with two attached hydrogens (primary N) is 1. The molecule has 0 saturated heterocycles. The third-order valence-electron chi connectivity index (χ3n) is 7.18. The molecule has 1 aromatic heterocycles. The number of carbonyl (C=O) groups excluding carboxylic acids is 3. The molecule has 8 atom stereocenters. The van der Waals surface area contributed by atoms with Gasteiger partial charge in [0, 0.05) is 30.8 Å². The zero-order valence-electron chi connectivity index (χ0n) is 17.7. The van der Waals surface area contributed by atoms with E-state index < -0.39 is 12.1 Å². The van der Waals surface area contributed by atoms with Gasteiger partial charge in [0.2, 0.25) is 0 Å². The van der Waals surface area contributed by atoms with E-state index in [2.05, 4.69) is 10.3 Å². The lowest BCUT2D eigenvalue weighted by molar-refractivity contribution is -0.167. The number of esters is 2. The summed E-state index contributed by atoms with van der Waals surface area (Å²) in [4.78, 5) is 40.6. The van der Waals surface area contributed by atoms with Crippen molar-refractivity contribution in [1.82, 2.24) is 10.3 Å².